The lowest BCUT2D eigenvalue weighted by Gasteiger charge is -2.25. The van der Waals surface area contributed by atoms with Crippen LogP contribution in [0.1, 0.15) is 17.3 Å². The quantitative estimate of drug-likeness (QED) is 0.476. The van der Waals surface area contributed by atoms with Crippen LogP contribution in [0, 0.1) is 0 Å². The number of anilines is 1. The number of thioether (sulfide) groups is 1. The van der Waals surface area contributed by atoms with Crippen LogP contribution in [0.15, 0.2) is 58.3 Å². The molecule has 0 atom stereocenters. The van der Waals surface area contributed by atoms with Crippen LogP contribution in [0.5, 0.6) is 0 Å². The summed E-state index contributed by atoms with van der Waals surface area (Å²) in [7, 11) is -2.94. The summed E-state index contributed by atoms with van der Waals surface area (Å²) < 4.78 is 37.1. The standard InChI is InChI=1S/C19H21NO6S2/c1-4-26-18(21)13-20(17-8-6-5-7-16(17)19(22)25-2)28(23,24)15-11-9-14(27-3)10-12-15/h5-12H,4,13H2,1-3H3. The first-order chi connectivity index (χ1) is 13.3. The highest BCUT2D eigenvalue weighted by molar-refractivity contribution is 7.98. The first kappa shape index (κ1) is 21.8. The van der Waals surface area contributed by atoms with Gasteiger partial charge in [0.25, 0.3) is 10.0 Å². The Hall–Kier alpha value is -2.52. The number of nitrogens with zero attached hydrogens (tertiary/aromatic N) is 1. The molecule has 9 heteroatoms. The van der Waals surface area contributed by atoms with Crippen LogP contribution in [0.2, 0.25) is 0 Å². The molecule has 150 valence electrons. The van der Waals surface area contributed by atoms with E-state index in [2.05, 4.69) is 0 Å². The molecule has 0 bridgehead atoms. The lowest BCUT2D eigenvalue weighted by molar-refractivity contribution is -0.141. The molecule has 0 aliphatic carbocycles. The number of rotatable bonds is 8. The third-order valence-electron chi connectivity index (χ3n) is 3.80. The number of carbonyl (C=O) groups excluding carboxylic acids is 2. The minimum Gasteiger partial charge on any atom is -0.465 e. The number of ether oxygens (including phenoxy) is 2. The minimum atomic E-state index is -4.14. The molecule has 0 unspecified atom stereocenters. The summed E-state index contributed by atoms with van der Waals surface area (Å²) in [6.45, 7) is 1.16. The van der Waals surface area contributed by atoms with Crippen molar-refractivity contribution in [3.05, 3.63) is 54.1 Å². The monoisotopic (exact) mass is 423 g/mol. The topological polar surface area (TPSA) is 90.0 Å². The normalized spacial score (nSPS) is 11.0. The fourth-order valence-electron chi connectivity index (χ4n) is 2.47. The second-order valence-corrected chi connectivity index (χ2v) is 8.24. The SMILES string of the molecule is CCOC(=O)CN(c1ccccc1C(=O)OC)S(=O)(=O)c1ccc(SC)cc1. The van der Waals surface area contributed by atoms with Crippen LogP contribution >= 0.6 is 11.8 Å². The number of hydrogen-bond donors (Lipinski definition) is 0. The van der Waals surface area contributed by atoms with Crippen LogP contribution in [0.25, 0.3) is 0 Å². The molecular weight excluding hydrogens is 402 g/mol. The van der Waals surface area contributed by atoms with E-state index in [0.29, 0.717) is 0 Å². The smallest absolute Gasteiger partial charge is 0.340 e. The molecule has 0 spiro atoms. The van der Waals surface area contributed by atoms with Crippen LogP contribution in [-0.4, -0.2) is 46.9 Å². The minimum absolute atomic E-state index is 0.00531. The van der Waals surface area contributed by atoms with Gasteiger partial charge in [0.15, 0.2) is 0 Å². The highest BCUT2D eigenvalue weighted by Crippen LogP contribution is 2.28. The summed E-state index contributed by atoms with van der Waals surface area (Å²) in [4.78, 5) is 25.1. The van der Waals surface area contributed by atoms with Gasteiger partial charge in [0.05, 0.1) is 29.9 Å². The van der Waals surface area contributed by atoms with Gasteiger partial charge in [-0.15, -0.1) is 11.8 Å². The summed E-state index contributed by atoms with van der Waals surface area (Å²) in [6, 6.07) is 12.3. The number of para-hydroxylation sites is 1. The summed E-state index contributed by atoms with van der Waals surface area (Å²) in [5.41, 5.74) is 0.0648. The molecule has 0 aliphatic rings. The Morgan fingerprint density at radius 2 is 1.71 bits per heavy atom. The number of benzene rings is 2. The zero-order valence-corrected chi connectivity index (χ0v) is 17.4. The zero-order valence-electron chi connectivity index (χ0n) is 15.7. The molecule has 7 nitrogen and oxygen atoms in total. The van der Waals surface area contributed by atoms with Gasteiger partial charge in [-0.2, -0.15) is 0 Å². The van der Waals surface area contributed by atoms with Crippen molar-refractivity contribution in [2.45, 2.75) is 16.7 Å². The molecular formula is C19H21NO6S2. The summed E-state index contributed by atoms with van der Waals surface area (Å²) in [6.07, 6.45) is 1.88. The van der Waals surface area contributed by atoms with E-state index in [1.165, 1.54) is 43.1 Å². The maximum atomic E-state index is 13.3. The van der Waals surface area contributed by atoms with Crippen molar-refractivity contribution in [1.82, 2.24) is 0 Å². The number of hydrogen-bond acceptors (Lipinski definition) is 7. The lowest BCUT2D eigenvalue weighted by Crippen LogP contribution is -2.37. The van der Waals surface area contributed by atoms with Gasteiger partial charge in [0.2, 0.25) is 0 Å². The van der Waals surface area contributed by atoms with E-state index in [-0.39, 0.29) is 22.8 Å². The average molecular weight is 424 g/mol. The van der Waals surface area contributed by atoms with Crippen molar-refractivity contribution < 1.29 is 27.5 Å². The molecule has 28 heavy (non-hydrogen) atoms. The van der Waals surface area contributed by atoms with Crippen molar-refractivity contribution >= 4 is 39.4 Å². The van der Waals surface area contributed by atoms with E-state index in [4.69, 9.17) is 9.47 Å². The molecule has 0 radical (unpaired) electrons. The van der Waals surface area contributed by atoms with Crippen LogP contribution in [0.4, 0.5) is 5.69 Å². The van der Waals surface area contributed by atoms with Crippen LogP contribution in [-0.2, 0) is 24.3 Å². The fraction of sp³-hybridized carbons (Fsp3) is 0.263. The molecule has 0 amide bonds. The zero-order chi connectivity index (χ0) is 20.7. The summed E-state index contributed by atoms with van der Waals surface area (Å²) in [5.74, 6) is -1.44. The van der Waals surface area contributed by atoms with Crippen LogP contribution in [0.3, 0.4) is 0 Å². The average Bonchev–Trinajstić information content (AvgIpc) is 2.71. The van der Waals surface area contributed by atoms with Crippen molar-refractivity contribution in [3.8, 4) is 0 Å². The first-order valence-electron chi connectivity index (χ1n) is 8.35. The van der Waals surface area contributed by atoms with Crippen molar-refractivity contribution in [2.75, 3.05) is 30.8 Å². The fourth-order valence-corrected chi connectivity index (χ4v) is 4.31. The second kappa shape index (κ2) is 9.61. The Labute approximate surface area is 168 Å². The van der Waals surface area contributed by atoms with Gasteiger partial charge >= 0.3 is 11.9 Å². The van der Waals surface area contributed by atoms with Crippen molar-refractivity contribution in [2.24, 2.45) is 0 Å². The number of esters is 2. The van der Waals surface area contributed by atoms with E-state index in [1.54, 1.807) is 31.2 Å². The van der Waals surface area contributed by atoms with Crippen LogP contribution < -0.4 is 4.31 Å². The molecule has 0 fully saturated rings. The molecule has 0 aromatic heterocycles. The van der Waals surface area contributed by atoms with Gasteiger partial charge in [-0.25, -0.2) is 13.2 Å². The molecule has 2 aromatic carbocycles. The number of carbonyl (C=O) groups is 2. The Morgan fingerprint density at radius 3 is 2.29 bits per heavy atom. The molecule has 2 rings (SSSR count). The molecule has 0 saturated heterocycles. The van der Waals surface area contributed by atoms with Crippen molar-refractivity contribution in [1.29, 1.82) is 0 Å². The third-order valence-corrected chi connectivity index (χ3v) is 6.32. The molecule has 0 aliphatic heterocycles. The summed E-state index contributed by atoms with van der Waals surface area (Å²) in [5, 5.41) is 0. The first-order valence-corrected chi connectivity index (χ1v) is 11.0. The van der Waals surface area contributed by atoms with Gasteiger partial charge in [0.1, 0.15) is 6.54 Å². The van der Waals surface area contributed by atoms with E-state index in [9.17, 15) is 18.0 Å². The van der Waals surface area contributed by atoms with E-state index >= 15 is 0 Å². The van der Waals surface area contributed by atoms with Crippen molar-refractivity contribution in [3.63, 3.8) is 0 Å². The highest BCUT2D eigenvalue weighted by Gasteiger charge is 2.30. The number of sulfonamides is 1. The highest BCUT2D eigenvalue weighted by atomic mass is 32.2. The summed E-state index contributed by atoms with van der Waals surface area (Å²) >= 11 is 1.48. The Balaban J connectivity index is 2.59. The van der Waals surface area contributed by atoms with E-state index in [0.717, 1.165) is 9.20 Å². The van der Waals surface area contributed by atoms with E-state index in [1.807, 2.05) is 6.26 Å². The van der Waals surface area contributed by atoms with E-state index < -0.39 is 28.5 Å². The second-order valence-electron chi connectivity index (χ2n) is 5.50. The molecule has 0 heterocycles. The number of methoxy groups -OCH3 is 1. The maximum absolute atomic E-state index is 13.3. The predicted molar refractivity (Wildman–Crippen MR) is 107 cm³/mol. The van der Waals surface area contributed by atoms with Gasteiger partial charge < -0.3 is 9.47 Å². The molecule has 0 N–H and O–H groups in total. The third kappa shape index (κ3) is 4.85. The van der Waals surface area contributed by atoms with Gasteiger partial charge in [-0.05, 0) is 49.6 Å². The van der Waals surface area contributed by atoms with Gasteiger partial charge in [-0.3, -0.25) is 9.10 Å². The maximum Gasteiger partial charge on any atom is 0.340 e. The van der Waals surface area contributed by atoms with Gasteiger partial charge in [-0.1, -0.05) is 12.1 Å². The lowest BCUT2D eigenvalue weighted by atomic mass is 10.2. The molecule has 2 aromatic rings. The Kier molecular flexibility index (Phi) is 7.47. The molecule has 0 saturated carbocycles. The van der Waals surface area contributed by atoms with Gasteiger partial charge in [0, 0.05) is 4.90 Å². The Morgan fingerprint density at radius 1 is 1.07 bits per heavy atom. The Bertz CT molecular complexity index is 941. The predicted octanol–water partition coefficient (Wildman–Crippen LogP) is 2.95. The largest absolute Gasteiger partial charge is 0.465 e.